The Kier molecular flexibility index (Phi) is 6.49. The molecule has 2 saturated heterocycles. The molecule has 0 amide bonds. The van der Waals surface area contributed by atoms with Crippen LogP contribution >= 0.6 is 0 Å². The Morgan fingerprint density at radius 3 is 2.79 bits per heavy atom. The van der Waals surface area contributed by atoms with E-state index in [9.17, 15) is 5.11 Å². The number of ether oxygens (including phenoxy) is 3. The van der Waals surface area contributed by atoms with Crippen LogP contribution in [0.2, 0.25) is 0 Å². The lowest BCUT2D eigenvalue weighted by molar-refractivity contribution is -0.0261. The highest BCUT2D eigenvalue weighted by atomic mass is 16.5. The molecule has 5 heteroatoms. The lowest BCUT2D eigenvalue weighted by atomic mass is 10.0. The standard InChI is InChI=1S/C19H29NO4/c1-22-17-8-6-15(7-9-17)19-5-2-10-20(19)12-16(21)13-23-14-18-4-3-11-24-18/h6-9,16,18-19,21H,2-5,10-14H2,1H3. The van der Waals surface area contributed by atoms with E-state index in [1.54, 1.807) is 7.11 Å². The summed E-state index contributed by atoms with van der Waals surface area (Å²) in [6, 6.07) is 8.65. The van der Waals surface area contributed by atoms with Gasteiger partial charge in [-0.1, -0.05) is 12.1 Å². The van der Waals surface area contributed by atoms with Crippen LogP contribution in [0.5, 0.6) is 5.75 Å². The normalized spacial score (nSPS) is 25.9. The molecule has 1 aromatic carbocycles. The lowest BCUT2D eigenvalue weighted by Crippen LogP contribution is -2.35. The van der Waals surface area contributed by atoms with E-state index in [0.717, 1.165) is 38.2 Å². The molecule has 1 N–H and O–H groups in total. The summed E-state index contributed by atoms with van der Waals surface area (Å²) in [4.78, 5) is 2.36. The van der Waals surface area contributed by atoms with Crippen LogP contribution in [0.25, 0.3) is 0 Å². The van der Waals surface area contributed by atoms with Gasteiger partial charge in [-0.05, 0) is 49.9 Å². The van der Waals surface area contributed by atoms with Crippen molar-refractivity contribution in [3.63, 3.8) is 0 Å². The van der Waals surface area contributed by atoms with E-state index in [1.165, 1.54) is 12.0 Å². The third-order valence-electron chi connectivity index (χ3n) is 4.95. The summed E-state index contributed by atoms with van der Waals surface area (Å²) in [5.74, 6) is 0.880. The second kappa shape index (κ2) is 8.81. The zero-order valence-corrected chi connectivity index (χ0v) is 14.5. The van der Waals surface area contributed by atoms with Crippen LogP contribution in [0, 0.1) is 0 Å². The second-order valence-electron chi connectivity index (χ2n) is 6.75. The number of rotatable bonds is 8. The summed E-state index contributed by atoms with van der Waals surface area (Å²) < 4.78 is 16.4. The van der Waals surface area contributed by atoms with Crippen molar-refractivity contribution in [1.29, 1.82) is 0 Å². The van der Waals surface area contributed by atoms with E-state index >= 15 is 0 Å². The maximum absolute atomic E-state index is 10.3. The Morgan fingerprint density at radius 1 is 1.25 bits per heavy atom. The molecule has 1 aromatic rings. The van der Waals surface area contributed by atoms with Crippen LogP contribution in [0.1, 0.15) is 37.3 Å². The number of hydrogen-bond acceptors (Lipinski definition) is 5. The van der Waals surface area contributed by atoms with Gasteiger partial charge in [-0.2, -0.15) is 0 Å². The molecule has 5 nitrogen and oxygen atoms in total. The van der Waals surface area contributed by atoms with Gasteiger partial charge in [0.1, 0.15) is 5.75 Å². The van der Waals surface area contributed by atoms with Gasteiger partial charge in [0.15, 0.2) is 0 Å². The number of hydrogen-bond donors (Lipinski definition) is 1. The van der Waals surface area contributed by atoms with E-state index in [-0.39, 0.29) is 6.10 Å². The smallest absolute Gasteiger partial charge is 0.118 e. The maximum atomic E-state index is 10.3. The molecule has 3 unspecified atom stereocenters. The number of likely N-dealkylation sites (tertiary alicyclic amines) is 1. The van der Waals surface area contributed by atoms with Gasteiger partial charge in [-0.25, -0.2) is 0 Å². The van der Waals surface area contributed by atoms with E-state index in [1.807, 2.05) is 12.1 Å². The van der Waals surface area contributed by atoms with E-state index in [4.69, 9.17) is 14.2 Å². The number of aliphatic hydroxyl groups is 1. The predicted molar refractivity (Wildman–Crippen MR) is 92.3 cm³/mol. The van der Waals surface area contributed by atoms with Gasteiger partial charge in [0.25, 0.3) is 0 Å². The molecule has 24 heavy (non-hydrogen) atoms. The highest BCUT2D eigenvalue weighted by Gasteiger charge is 2.27. The molecule has 0 spiro atoms. The topological polar surface area (TPSA) is 51.2 Å². The van der Waals surface area contributed by atoms with Gasteiger partial charge in [0.2, 0.25) is 0 Å². The van der Waals surface area contributed by atoms with Gasteiger partial charge in [0, 0.05) is 19.2 Å². The number of aliphatic hydroxyl groups excluding tert-OH is 1. The highest BCUT2D eigenvalue weighted by Crippen LogP contribution is 2.32. The van der Waals surface area contributed by atoms with Gasteiger partial charge < -0.3 is 19.3 Å². The Labute approximate surface area is 144 Å². The molecule has 0 radical (unpaired) electrons. The van der Waals surface area contributed by atoms with Crippen molar-refractivity contribution in [2.24, 2.45) is 0 Å². The van der Waals surface area contributed by atoms with E-state index in [2.05, 4.69) is 17.0 Å². The minimum Gasteiger partial charge on any atom is -0.497 e. The van der Waals surface area contributed by atoms with Gasteiger partial charge in [-0.3, -0.25) is 4.90 Å². The molecule has 2 fully saturated rings. The Bertz CT molecular complexity index is 487. The van der Waals surface area contributed by atoms with Crippen molar-refractivity contribution in [1.82, 2.24) is 4.90 Å². The first-order valence-electron chi connectivity index (χ1n) is 9.01. The number of nitrogens with zero attached hydrogens (tertiary/aromatic N) is 1. The summed E-state index contributed by atoms with van der Waals surface area (Å²) >= 11 is 0. The Hall–Kier alpha value is -1.14. The SMILES string of the molecule is COc1ccc(C2CCCN2CC(O)COCC2CCCO2)cc1. The molecule has 0 aliphatic carbocycles. The van der Waals surface area contributed by atoms with Gasteiger partial charge in [0.05, 0.1) is 32.5 Å². The summed E-state index contributed by atoms with van der Waals surface area (Å²) in [6.07, 6.45) is 4.26. The summed E-state index contributed by atoms with van der Waals surface area (Å²) in [5, 5.41) is 10.3. The van der Waals surface area contributed by atoms with Crippen molar-refractivity contribution < 1.29 is 19.3 Å². The molecule has 0 bridgehead atoms. The van der Waals surface area contributed by atoms with Crippen molar-refractivity contribution in [3.8, 4) is 5.75 Å². The summed E-state index contributed by atoms with van der Waals surface area (Å²) in [6.45, 7) is 3.50. The monoisotopic (exact) mass is 335 g/mol. The fourth-order valence-corrected chi connectivity index (χ4v) is 3.68. The van der Waals surface area contributed by atoms with Crippen molar-refractivity contribution >= 4 is 0 Å². The molecule has 2 aliphatic rings. The average molecular weight is 335 g/mol. The predicted octanol–water partition coefficient (Wildman–Crippen LogP) is 2.39. The first-order valence-corrected chi connectivity index (χ1v) is 9.01. The summed E-state index contributed by atoms with van der Waals surface area (Å²) in [7, 11) is 1.68. The van der Waals surface area contributed by atoms with E-state index in [0.29, 0.717) is 25.8 Å². The Morgan fingerprint density at radius 2 is 2.08 bits per heavy atom. The molecule has 0 saturated carbocycles. The van der Waals surface area contributed by atoms with E-state index < -0.39 is 6.10 Å². The molecular weight excluding hydrogens is 306 g/mol. The first kappa shape index (κ1) is 17.7. The van der Waals surface area contributed by atoms with Crippen molar-refractivity contribution in [2.45, 2.75) is 43.9 Å². The quantitative estimate of drug-likeness (QED) is 0.790. The van der Waals surface area contributed by atoms with Crippen LogP contribution in [0.4, 0.5) is 0 Å². The largest absolute Gasteiger partial charge is 0.497 e. The third-order valence-corrected chi connectivity index (χ3v) is 4.95. The van der Waals surface area contributed by atoms with Crippen LogP contribution in [0.15, 0.2) is 24.3 Å². The van der Waals surface area contributed by atoms with Gasteiger partial charge >= 0.3 is 0 Å². The van der Waals surface area contributed by atoms with Crippen LogP contribution in [-0.2, 0) is 9.47 Å². The fourth-order valence-electron chi connectivity index (χ4n) is 3.68. The lowest BCUT2D eigenvalue weighted by Gasteiger charge is -2.27. The molecule has 0 aromatic heterocycles. The number of β-amino-alcohol motifs (C(OH)–C–C–N with tert-alkyl or cyclic N) is 1. The van der Waals surface area contributed by atoms with Crippen LogP contribution in [0.3, 0.4) is 0 Å². The summed E-state index contributed by atoms with van der Waals surface area (Å²) in [5.41, 5.74) is 1.29. The third kappa shape index (κ3) is 4.70. The minimum atomic E-state index is -0.453. The number of methoxy groups -OCH3 is 1. The highest BCUT2D eigenvalue weighted by molar-refractivity contribution is 5.29. The zero-order chi connectivity index (χ0) is 16.8. The molecular formula is C19H29NO4. The second-order valence-corrected chi connectivity index (χ2v) is 6.75. The molecule has 2 aliphatic heterocycles. The minimum absolute atomic E-state index is 0.219. The molecule has 2 heterocycles. The average Bonchev–Trinajstić information content (AvgIpc) is 3.27. The molecule has 3 rings (SSSR count). The van der Waals surface area contributed by atoms with Crippen LogP contribution < -0.4 is 4.74 Å². The maximum Gasteiger partial charge on any atom is 0.118 e. The fraction of sp³-hybridized carbons (Fsp3) is 0.684. The Balaban J connectivity index is 1.45. The first-order chi connectivity index (χ1) is 11.8. The van der Waals surface area contributed by atoms with Gasteiger partial charge in [-0.15, -0.1) is 0 Å². The molecule has 134 valence electrons. The van der Waals surface area contributed by atoms with Crippen molar-refractivity contribution in [3.05, 3.63) is 29.8 Å². The number of benzene rings is 1. The van der Waals surface area contributed by atoms with Crippen LogP contribution in [-0.4, -0.2) is 62.2 Å². The zero-order valence-electron chi connectivity index (χ0n) is 14.5. The molecule has 3 atom stereocenters. The van der Waals surface area contributed by atoms with Crippen molar-refractivity contribution in [2.75, 3.05) is 40.0 Å².